The minimum Gasteiger partial charge on any atom is -0.480 e. The van der Waals surface area contributed by atoms with Crippen LogP contribution in [0.1, 0.15) is 23.1 Å². The molecule has 1 unspecified atom stereocenters. The van der Waals surface area contributed by atoms with Crippen LogP contribution in [0.25, 0.3) is 0 Å². The second-order valence-corrected chi connectivity index (χ2v) is 4.34. The number of rotatable bonds is 6. The highest BCUT2D eigenvalue weighted by molar-refractivity contribution is 5.72. The molecule has 0 spiro atoms. The van der Waals surface area contributed by atoms with E-state index in [0.29, 0.717) is 13.0 Å². The molecule has 1 aromatic carbocycles. The number of aliphatic carboxylic acids is 1. The van der Waals surface area contributed by atoms with Crippen LogP contribution in [0.3, 0.4) is 0 Å². The molecule has 4 heteroatoms. The van der Waals surface area contributed by atoms with Crippen LogP contribution in [-0.4, -0.2) is 23.7 Å². The second kappa shape index (κ2) is 6.37. The summed E-state index contributed by atoms with van der Waals surface area (Å²) in [6, 6.07) is 5.53. The summed E-state index contributed by atoms with van der Waals surface area (Å²) in [5.41, 5.74) is 9.14. The normalized spacial score (nSPS) is 12.4. The van der Waals surface area contributed by atoms with Crippen molar-refractivity contribution in [1.29, 1.82) is 0 Å². The Balaban J connectivity index is 2.34. The first-order valence-electron chi connectivity index (χ1n) is 5.76. The molecule has 0 saturated carbocycles. The predicted molar refractivity (Wildman–Crippen MR) is 67.9 cm³/mol. The summed E-state index contributed by atoms with van der Waals surface area (Å²) in [5, 5.41) is 11.8. The van der Waals surface area contributed by atoms with Gasteiger partial charge >= 0.3 is 5.97 Å². The summed E-state index contributed by atoms with van der Waals surface area (Å²) in [6.07, 6.45) is 0.445. The van der Waals surface area contributed by atoms with Crippen LogP contribution in [0.15, 0.2) is 18.2 Å². The van der Waals surface area contributed by atoms with Crippen molar-refractivity contribution in [3.05, 3.63) is 34.9 Å². The molecule has 0 aliphatic heterocycles. The summed E-state index contributed by atoms with van der Waals surface area (Å²) in [5.74, 6) is -0.946. The third-order valence-electron chi connectivity index (χ3n) is 2.76. The summed E-state index contributed by atoms with van der Waals surface area (Å²) >= 11 is 0. The number of carbonyl (C=O) groups is 1. The second-order valence-electron chi connectivity index (χ2n) is 4.34. The van der Waals surface area contributed by atoms with Crippen LogP contribution in [0.2, 0.25) is 0 Å². The number of aryl methyl sites for hydroxylation is 2. The van der Waals surface area contributed by atoms with E-state index >= 15 is 0 Å². The monoisotopic (exact) mass is 236 g/mol. The van der Waals surface area contributed by atoms with Gasteiger partial charge in [0, 0.05) is 6.54 Å². The van der Waals surface area contributed by atoms with Crippen LogP contribution < -0.4 is 11.1 Å². The van der Waals surface area contributed by atoms with E-state index in [4.69, 9.17) is 10.8 Å². The zero-order valence-corrected chi connectivity index (χ0v) is 10.4. The number of carboxylic acid groups (broad SMARTS) is 1. The van der Waals surface area contributed by atoms with Crippen molar-refractivity contribution in [1.82, 2.24) is 5.32 Å². The predicted octanol–water partition coefficient (Wildman–Crippen LogP) is 1.20. The molecule has 0 fully saturated rings. The van der Waals surface area contributed by atoms with Crippen LogP contribution >= 0.6 is 0 Å². The van der Waals surface area contributed by atoms with E-state index in [1.54, 1.807) is 0 Å². The Morgan fingerprint density at radius 2 is 2.18 bits per heavy atom. The Morgan fingerprint density at radius 1 is 1.47 bits per heavy atom. The van der Waals surface area contributed by atoms with Gasteiger partial charge in [0.2, 0.25) is 0 Å². The molecule has 4 N–H and O–H groups in total. The Hall–Kier alpha value is -1.39. The van der Waals surface area contributed by atoms with Crippen molar-refractivity contribution in [2.75, 3.05) is 6.54 Å². The van der Waals surface area contributed by atoms with Crippen molar-refractivity contribution >= 4 is 5.97 Å². The molecule has 0 saturated heterocycles. The van der Waals surface area contributed by atoms with E-state index in [-0.39, 0.29) is 0 Å². The van der Waals surface area contributed by atoms with Crippen molar-refractivity contribution < 1.29 is 9.90 Å². The molecule has 0 aliphatic rings. The summed E-state index contributed by atoms with van der Waals surface area (Å²) in [6.45, 7) is 5.50. The molecule has 0 heterocycles. The lowest BCUT2D eigenvalue weighted by Crippen LogP contribution is -2.33. The minimum atomic E-state index is -0.946. The van der Waals surface area contributed by atoms with Gasteiger partial charge in [0.25, 0.3) is 0 Å². The molecule has 0 aliphatic carbocycles. The molecule has 1 rings (SSSR count). The average molecular weight is 236 g/mol. The quantitative estimate of drug-likeness (QED) is 0.649. The molecule has 17 heavy (non-hydrogen) atoms. The Bertz CT molecular complexity index is 391. The lowest BCUT2D eigenvalue weighted by molar-refractivity contribution is -0.138. The molecule has 94 valence electrons. The highest BCUT2D eigenvalue weighted by atomic mass is 16.4. The number of nitrogens with one attached hydrogen (secondary N) is 1. The van der Waals surface area contributed by atoms with Crippen molar-refractivity contribution in [2.24, 2.45) is 5.73 Å². The third-order valence-corrected chi connectivity index (χ3v) is 2.76. The van der Waals surface area contributed by atoms with Gasteiger partial charge in [0.1, 0.15) is 6.04 Å². The van der Waals surface area contributed by atoms with E-state index in [2.05, 4.69) is 37.4 Å². The molecule has 1 atom stereocenters. The summed E-state index contributed by atoms with van der Waals surface area (Å²) < 4.78 is 0. The van der Waals surface area contributed by atoms with Crippen molar-refractivity contribution in [3.8, 4) is 0 Å². The van der Waals surface area contributed by atoms with Crippen LogP contribution in [-0.2, 0) is 11.3 Å². The number of hydrogen-bond donors (Lipinski definition) is 3. The van der Waals surface area contributed by atoms with Crippen molar-refractivity contribution in [3.63, 3.8) is 0 Å². The number of benzene rings is 1. The lowest BCUT2D eigenvalue weighted by Gasteiger charge is -2.10. The van der Waals surface area contributed by atoms with Gasteiger partial charge in [-0.1, -0.05) is 23.8 Å². The summed E-state index contributed by atoms with van der Waals surface area (Å²) in [7, 11) is 0. The van der Waals surface area contributed by atoms with Gasteiger partial charge in [0.05, 0.1) is 0 Å². The van der Waals surface area contributed by atoms with E-state index < -0.39 is 12.0 Å². The zero-order valence-electron chi connectivity index (χ0n) is 10.4. The minimum absolute atomic E-state index is 0.445. The average Bonchev–Trinajstić information content (AvgIpc) is 2.26. The Morgan fingerprint density at radius 3 is 2.76 bits per heavy atom. The standard InChI is InChI=1S/C13H20N2O2/c1-9-3-4-11(10(2)7-9)8-15-6-5-12(14)13(16)17/h3-4,7,12,15H,5-6,8,14H2,1-2H3,(H,16,17). The fraction of sp³-hybridized carbons (Fsp3) is 0.462. The number of carboxylic acids is 1. The smallest absolute Gasteiger partial charge is 0.320 e. The van der Waals surface area contributed by atoms with Gasteiger partial charge in [-0.05, 0) is 37.9 Å². The maximum atomic E-state index is 10.5. The van der Waals surface area contributed by atoms with Crippen LogP contribution in [0.4, 0.5) is 0 Å². The molecular formula is C13H20N2O2. The lowest BCUT2D eigenvalue weighted by atomic mass is 10.1. The van der Waals surface area contributed by atoms with E-state index in [1.165, 1.54) is 16.7 Å². The topological polar surface area (TPSA) is 75.3 Å². The van der Waals surface area contributed by atoms with Gasteiger partial charge in [-0.3, -0.25) is 4.79 Å². The molecule has 4 nitrogen and oxygen atoms in total. The fourth-order valence-corrected chi connectivity index (χ4v) is 1.65. The van der Waals surface area contributed by atoms with Gasteiger partial charge in [-0.15, -0.1) is 0 Å². The largest absolute Gasteiger partial charge is 0.480 e. The van der Waals surface area contributed by atoms with Crippen LogP contribution in [0.5, 0.6) is 0 Å². The number of hydrogen-bond acceptors (Lipinski definition) is 3. The molecule has 0 radical (unpaired) electrons. The Labute approximate surface area is 102 Å². The molecular weight excluding hydrogens is 216 g/mol. The maximum absolute atomic E-state index is 10.5. The summed E-state index contributed by atoms with van der Waals surface area (Å²) in [4.78, 5) is 10.5. The van der Waals surface area contributed by atoms with Gasteiger partial charge in [-0.2, -0.15) is 0 Å². The zero-order chi connectivity index (χ0) is 12.8. The molecule has 0 aromatic heterocycles. The van der Waals surface area contributed by atoms with Gasteiger partial charge in [-0.25, -0.2) is 0 Å². The van der Waals surface area contributed by atoms with E-state index in [9.17, 15) is 4.79 Å². The number of nitrogens with two attached hydrogens (primary N) is 1. The Kier molecular flexibility index (Phi) is 5.12. The fourth-order valence-electron chi connectivity index (χ4n) is 1.65. The SMILES string of the molecule is Cc1ccc(CNCCC(N)C(=O)O)c(C)c1. The van der Waals surface area contributed by atoms with Gasteiger partial charge in [0.15, 0.2) is 0 Å². The third kappa shape index (κ3) is 4.54. The van der Waals surface area contributed by atoms with E-state index in [1.807, 2.05) is 0 Å². The van der Waals surface area contributed by atoms with E-state index in [0.717, 1.165) is 6.54 Å². The molecule has 0 amide bonds. The van der Waals surface area contributed by atoms with Crippen molar-refractivity contribution in [2.45, 2.75) is 32.9 Å². The molecule has 0 bridgehead atoms. The first-order chi connectivity index (χ1) is 8.00. The highest BCUT2D eigenvalue weighted by Crippen LogP contribution is 2.09. The highest BCUT2D eigenvalue weighted by Gasteiger charge is 2.09. The van der Waals surface area contributed by atoms with Crippen LogP contribution in [0, 0.1) is 13.8 Å². The van der Waals surface area contributed by atoms with Gasteiger partial charge < -0.3 is 16.2 Å². The molecule has 1 aromatic rings. The first kappa shape index (κ1) is 13.7. The maximum Gasteiger partial charge on any atom is 0.320 e. The first-order valence-corrected chi connectivity index (χ1v) is 5.76.